The van der Waals surface area contributed by atoms with Crippen LogP contribution >= 0.6 is 15.9 Å². The predicted octanol–water partition coefficient (Wildman–Crippen LogP) is 3.80. The number of aromatic nitrogens is 1. The minimum absolute atomic E-state index is 0.000774. The molecule has 1 aliphatic heterocycles. The van der Waals surface area contributed by atoms with E-state index in [1.54, 1.807) is 23.4 Å². The third-order valence-electron chi connectivity index (χ3n) is 3.99. The molecular weight excluding hydrogens is 375 g/mol. The highest BCUT2D eigenvalue weighted by molar-refractivity contribution is 9.10. The summed E-state index contributed by atoms with van der Waals surface area (Å²) in [4.78, 5) is 18.6. The molecule has 2 heterocycles. The topological polar surface area (TPSA) is 42.4 Å². The number of pyridine rings is 1. The van der Waals surface area contributed by atoms with E-state index in [-0.39, 0.29) is 17.6 Å². The van der Waals surface area contributed by atoms with Crippen molar-refractivity contribution in [3.05, 3.63) is 64.1 Å². The van der Waals surface area contributed by atoms with Gasteiger partial charge in [-0.3, -0.25) is 9.78 Å². The first kappa shape index (κ1) is 17.0. The fourth-order valence-corrected chi connectivity index (χ4v) is 3.16. The smallest absolute Gasteiger partial charge is 0.257 e. The first-order chi connectivity index (χ1) is 11.6. The number of carbonyl (C=O) groups is 1. The van der Waals surface area contributed by atoms with Gasteiger partial charge in [-0.05, 0) is 42.7 Å². The second-order valence-electron chi connectivity index (χ2n) is 5.81. The maximum Gasteiger partial charge on any atom is 0.257 e. The molecule has 1 fully saturated rings. The van der Waals surface area contributed by atoms with Crippen LogP contribution < -0.4 is 0 Å². The molecule has 0 aliphatic carbocycles. The van der Waals surface area contributed by atoms with Crippen LogP contribution in [0.2, 0.25) is 0 Å². The molecule has 2 aromatic rings. The molecule has 1 saturated heterocycles. The van der Waals surface area contributed by atoms with Crippen LogP contribution in [-0.4, -0.2) is 35.0 Å². The van der Waals surface area contributed by atoms with Crippen LogP contribution in [0.15, 0.2) is 47.2 Å². The van der Waals surface area contributed by atoms with Gasteiger partial charge >= 0.3 is 0 Å². The Bertz CT molecular complexity index is 705. The quantitative estimate of drug-likeness (QED) is 0.776. The fraction of sp³-hybridized carbons (Fsp3) is 0.333. The van der Waals surface area contributed by atoms with E-state index in [4.69, 9.17) is 4.74 Å². The Balaban J connectivity index is 1.84. The number of ether oxygens (including phenoxy) is 1. The van der Waals surface area contributed by atoms with Gasteiger partial charge in [-0.1, -0.05) is 22.0 Å². The van der Waals surface area contributed by atoms with E-state index in [0.717, 1.165) is 18.4 Å². The van der Waals surface area contributed by atoms with Crippen molar-refractivity contribution in [2.45, 2.75) is 25.5 Å². The summed E-state index contributed by atoms with van der Waals surface area (Å²) in [6, 6.07) is 8.12. The van der Waals surface area contributed by atoms with Crippen LogP contribution in [-0.2, 0) is 11.3 Å². The van der Waals surface area contributed by atoms with Crippen LogP contribution in [0, 0.1) is 5.82 Å². The molecule has 0 spiro atoms. The second-order valence-corrected chi connectivity index (χ2v) is 6.72. The van der Waals surface area contributed by atoms with Crippen LogP contribution in [0.25, 0.3) is 0 Å². The summed E-state index contributed by atoms with van der Waals surface area (Å²) in [6.45, 7) is 1.53. The molecule has 6 heteroatoms. The number of benzene rings is 1. The molecule has 126 valence electrons. The van der Waals surface area contributed by atoms with E-state index in [9.17, 15) is 9.18 Å². The largest absolute Gasteiger partial charge is 0.376 e. The molecule has 1 amide bonds. The number of halogens is 2. The van der Waals surface area contributed by atoms with Crippen molar-refractivity contribution >= 4 is 21.8 Å². The average Bonchev–Trinajstić information content (AvgIpc) is 3.10. The zero-order chi connectivity index (χ0) is 16.9. The molecule has 0 bridgehead atoms. The van der Waals surface area contributed by atoms with Gasteiger partial charge in [-0.25, -0.2) is 4.39 Å². The van der Waals surface area contributed by atoms with Crippen molar-refractivity contribution < 1.29 is 13.9 Å². The summed E-state index contributed by atoms with van der Waals surface area (Å²) in [7, 11) is 0. The average molecular weight is 393 g/mol. The van der Waals surface area contributed by atoms with Crippen LogP contribution in [0.5, 0.6) is 0 Å². The van der Waals surface area contributed by atoms with E-state index < -0.39 is 5.82 Å². The molecule has 1 aromatic heterocycles. The molecule has 0 radical (unpaired) electrons. The van der Waals surface area contributed by atoms with Crippen LogP contribution in [0.4, 0.5) is 4.39 Å². The van der Waals surface area contributed by atoms with Gasteiger partial charge in [0.05, 0.1) is 11.7 Å². The van der Waals surface area contributed by atoms with E-state index in [0.29, 0.717) is 24.2 Å². The number of carbonyl (C=O) groups excluding carboxylic acids is 1. The molecule has 4 nitrogen and oxygen atoms in total. The number of rotatable bonds is 5. The summed E-state index contributed by atoms with van der Waals surface area (Å²) in [5.74, 6) is -0.861. The Morgan fingerprint density at radius 2 is 2.29 bits per heavy atom. The first-order valence-corrected chi connectivity index (χ1v) is 8.67. The van der Waals surface area contributed by atoms with Crippen molar-refractivity contribution in [2.24, 2.45) is 0 Å². The van der Waals surface area contributed by atoms with Crippen molar-refractivity contribution in [3.8, 4) is 0 Å². The van der Waals surface area contributed by atoms with Gasteiger partial charge < -0.3 is 9.64 Å². The van der Waals surface area contributed by atoms with Gasteiger partial charge in [-0.2, -0.15) is 0 Å². The van der Waals surface area contributed by atoms with Gasteiger partial charge in [0.1, 0.15) is 5.82 Å². The first-order valence-electron chi connectivity index (χ1n) is 7.88. The van der Waals surface area contributed by atoms with Crippen molar-refractivity contribution in [1.82, 2.24) is 9.88 Å². The maximum absolute atomic E-state index is 14.1. The summed E-state index contributed by atoms with van der Waals surface area (Å²) in [5, 5.41) is 0. The molecule has 1 aliphatic rings. The molecule has 3 rings (SSSR count). The number of nitrogens with zero attached hydrogens (tertiary/aromatic N) is 2. The molecule has 1 aromatic carbocycles. The Morgan fingerprint density at radius 3 is 3.00 bits per heavy atom. The molecular formula is C18H18BrFN2O2. The lowest BCUT2D eigenvalue weighted by Crippen LogP contribution is -2.37. The molecule has 0 saturated carbocycles. The Hall–Kier alpha value is -1.79. The normalized spacial score (nSPS) is 17.0. The SMILES string of the molecule is O=C(c1cc(Br)ccc1F)N(Cc1cccnc1)C[C@@H]1CCCO1. The molecule has 24 heavy (non-hydrogen) atoms. The fourth-order valence-electron chi connectivity index (χ4n) is 2.80. The Morgan fingerprint density at radius 1 is 1.42 bits per heavy atom. The molecule has 1 atom stereocenters. The second kappa shape index (κ2) is 7.85. The molecule has 0 N–H and O–H groups in total. The van der Waals surface area contributed by atoms with E-state index in [2.05, 4.69) is 20.9 Å². The lowest BCUT2D eigenvalue weighted by atomic mass is 10.1. The monoisotopic (exact) mass is 392 g/mol. The Labute approximate surface area is 148 Å². The predicted molar refractivity (Wildman–Crippen MR) is 92.1 cm³/mol. The van der Waals surface area contributed by atoms with Crippen molar-refractivity contribution in [3.63, 3.8) is 0 Å². The lowest BCUT2D eigenvalue weighted by Gasteiger charge is -2.26. The minimum atomic E-state index is -0.522. The van der Waals surface area contributed by atoms with E-state index in [1.807, 2.05) is 12.1 Å². The van der Waals surface area contributed by atoms with Crippen LogP contribution in [0.1, 0.15) is 28.8 Å². The summed E-state index contributed by atoms with van der Waals surface area (Å²) in [6.07, 6.45) is 5.31. The highest BCUT2D eigenvalue weighted by Gasteiger charge is 2.25. The third-order valence-corrected chi connectivity index (χ3v) is 4.48. The summed E-state index contributed by atoms with van der Waals surface area (Å²) in [5.41, 5.74) is 0.963. The van der Waals surface area contributed by atoms with E-state index >= 15 is 0 Å². The maximum atomic E-state index is 14.1. The number of amides is 1. The van der Waals surface area contributed by atoms with Gasteiger partial charge in [0.25, 0.3) is 5.91 Å². The van der Waals surface area contributed by atoms with Gasteiger partial charge in [-0.15, -0.1) is 0 Å². The Kier molecular flexibility index (Phi) is 5.58. The zero-order valence-corrected chi connectivity index (χ0v) is 14.7. The highest BCUT2D eigenvalue weighted by atomic mass is 79.9. The summed E-state index contributed by atoms with van der Waals surface area (Å²) >= 11 is 3.30. The third kappa shape index (κ3) is 4.19. The van der Waals surface area contributed by atoms with Gasteiger partial charge in [0.15, 0.2) is 0 Å². The highest BCUT2D eigenvalue weighted by Crippen LogP contribution is 2.21. The standard InChI is InChI=1S/C18H18BrFN2O2/c19-14-5-6-17(20)16(9-14)18(23)22(12-15-4-2-8-24-15)11-13-3-1-7-21-10-13/h1,3,5-7,9-10,15H,2,4,8,11-12H2/t15-/m0/s1. The zero-order valence-electron chi connectivity index (χ0n) is 13.1. The van der Waals surface area contributed by atoms with Crippen molar-refractivity contribution in [2.75, 3.05) is 13.2 Å². The number of hydrogen-bond acceptors (Lipinski definition) is 3. The van der Waals surface area contributed by atoms with E-state index in [1.165, 1.54) is 12.1 Å². The number of hydrogen-bond donors (Lipinski definition) is 0. The van der Waals surface area contributed by atoms with Crippen LogP contribution in [0.3, 0.4) is 0 Å². The van der Waals surface area contributed by atoms with Gasteiger partial charge in [0, 0.05) is 36.6 Å². The van der Waals surface area contributed by atoms with Crippen molar-refractivity contribution in [1.29, 1.82) is 0 Å². The summed E-state index contributed by atoms with van der Waals surface area (Å²) < 4.78 is 20.4. The van der Waals surface area contributed by atoms with Gasteiger partial charge in [0.2, 0.25) is 0 Å². The lowest BCUT2D eigenvalue weighted by molar-refractivity contribution is 0.0503. The molecule has 0 unspecified atom stereocenters. The minimum Gasteiger partial charge on any atom is -0.376 e.